The molecule has 0 N–H and O–H groups in total. The van der Waals surface area contributed by atoms with Gasteiger partial charge in [0.25, 0.3) is 0 Å². The predicted octanol–water partition coefficient (Wildman–Crippen LogP) is 13.9. The van der Waals surface area contributed by atoms with Crippen LogP contribution in [-0.2, 0) is 28.6 Å². The molecule has 0 aromatic carbocycles. The minimum absolute atomic E-state index is 0.0648. The van der Waals surface area contributed by atoms with E-state index in [2.05, 4.69) is 27.7 Å². The van der Waals surface area contributed by atoms with Crippen molar-refractivity contribution in [2.45, 2.75) is 252 Å². The highest BCUT2D eigenvalue weighted by Gasteiger charge is 2.19. The SMILES string of the molecule is CCCCCCCCCCCCCCCC(=O)O[C@@H](COC(=O)CCCCCCC)COC(=O)CCCCCCCCCCCCCCC(C)C. The fourth-order valence-electron chi connectivity index (χ4n) is 6.63. The molecular formula is C45H86O6. The smallest absolute Gasteiger partial charge is 0.306 e. The van der Waals surface area contributed by atoms with Gasteiger partial charge in [-0.05, 0) is 25.2 Å². The highest BCUT2D eigenvalue weighted by Crippen LogP contribution is 2.16. The van der Waals surface area contributed by atoms with E-state index in [9.17, 15) is 14.4 Å². The van der Waals surface area contributed by atoms with Crippen LogP contribution in [0.2, 0.25) is 0 Å². The Balaban J connectivity index is 4.18. The van der Waals surface area contributed by atoms with Crippen LogP contribution in [0, 0.1) is 5.92 Å². The van der Waals surface area contributed by atoms with Crippen LogP contribution < -0.4 is 0 Å². The van der Waals surface area contributed by atoms with Gasteiger partial charge in [-0.15, -0.1) is 0 Å². The van der Waals surface area contributed by atoms with Gasteiger partial charge in [-0.2, -0.15) is 0 Å². The molecule has 0 bridgehead atoms. The topological polar surface area (TPSA) is 78.9 Å². The Morgan fingerprint density at radius 1 is 0.373 bits per heavy atom. The first-order valence-electron chi connectivity index (χ1n) is 22.4. The standard InChI is InChI=1S/C45H86O6/c1-5-7-9-11-12-13-14-15-20-23-26-30-34-38-45(48)51-42(39-49-43(46)36-32-27-10-8-6-2)40-50-44(47)37-33-29-25-22-19-17-16-18-21-24-28-31-35-41(3)4/h41-42H,5-40H2,1-4H3/t42-/m0/s1. The second-order valence-electron chi connectivity index (χ2n) is 15.8. The van der Waals surface area contributed by atoms with Crippen molar-refractivity contribution >= 4 is 17.9 Å². The summed E-state index contributed by atoms with van der Waals surface area (Å²) in [5, 5.41) is 0. The van der Waals surface area contributed by atoms with Crippen LogP contribution in [0.5, 0.6) is 0 Å². The Bertz CT molecular complexity index is 766. The van der Waals surface area contributed by atoms with E-state index in [0.717, 1.165) is 70.1 Å². The highest BCUT2D eigenvalue weighted by atomic mass is 16.6. The highest BCUT2D eigenvalue weighted by molar-refractivity contribution is 5.71. The summed E-state index contributed by atoms with van der Waals surface area (Å²) in [6, 6.07) is 0. The van der Waals surface area contributed by atoms with Crippen molar-refractivity contribution in [3.8, 4) is 0 Å². The number of carbonyl (C=O) groups excluding carboxylic acids is 3. The molecule has 0 aromatic rings. The van der Waals surface area contributed by atoms with Crippen molar-refractivity contribution < 1.29 is 28.6 Å². The molecule has 0 aromatic heterocycles. The third-order valence-corrected chi connectivity index (χ3v) is 10.0. The van der Waals surface area contributed by atoms with E-state index in [0.29, 0.717) is 19.3 Å². The molecule has 0 unspecified atom stereocenters. The zero-order valence-electron chi connectivity index (χ0n) is 34.6. The van der Waals surface area contributed by atoms with E-state index in [4.69, 9.17) is 14.2 Å². The molecule has 0 heterocycles. The van der Waals surface area contributed by atoms with Gasteiger partial charge >= 0.3 is 17.9 Å². The third-order valence-electron chi connectivity index (χ3n) is 10.0. The molecule has 0 aliphatic carbocycles. The average molecular weight is 723 g/mol. The van der Waals surface area contributed by atoms with Crippen LogP contribution in [0.15, 0.2) is 0 Å². The number of hydrogen-bond acceptors (Lipinski definition) is 6. The largest absolute Gasteiger partial charge is 0.462 e. The molecule has 0 fully saturated rings. The Morgan fingerprint density at radius 3 is 0.961 bits per heavy atom. The third kappa shape index (κ3) is 39.5. The molecule has 0 saturated heterocycles. The first-order chi connectivity index (χ1) is 24.9. The first-order valence-corrected chi connectivity index (χ1v) is 22.4. The van der Waals surface area contributed by atoms with Gasteiger partial charge in [-0.3, -0.25) is 14.4 Å². The number of hydrogen-bond donors (Lipinski definition) is 0. The van der Waals surface area contributed by atoms with Crippen LogP contribution in [0.1, 0.15) is 246 Å². The van der Waals surface area contributed by atoms with Crippen LogP contribution in [0.4, 0.5) is 0 Å². The fraction of sp³-hybridized carbons (Fsp3) is 0.933. The molecule has 6 nitrogen and oxygen atoms in total. The second kappa shape index (κ2) is 39.6. The van der Waals surface area contributed by atoms with Crippen LogP contribution in [0.3, 0.4) is 0 Å². The maximum absolute atomic E-state index is 12.6. The minimum Gasteiger partial charge on any atom is -0.462 e. The molecule has 0 spiro atoms. The van der Waals surface area contributed by atoms with Crippen molar-refractivity contribution in [3.05, 3.63) is 0 Å². The predicted molar refractivity (Wildman–Crippen MR) is 215 cm³/mol. The van der Waals surface area contributed by atoms with Crippen LogP contribution in [-0.4, -0.2) is 37.2 Å². The number of esters is 3. The number of unbranched alkanes of at least 4 members (excludes halogenated alkanes) is 27. The van der Waals surface area contributed by atoms with E-state index in [1.54, 1.807) is 0 Å². The van der Waals surface area contributed by atoms with Gasteiger partial charge < -0.3 is 14.2 Å². The van der Waals surface area contributed by atoms with Crippen molar-refractivity contribution in [1.82, 2.24) is 0 Å². The lowest BCUT2D eigenvalue weighted by Crippen LogP contribution is -2.30. The molecule has 0 aliphatic rings. The lowest BCUT2D eigenvalue weighted by Gasteiger charge is -2.18. The maximum Gasteiger partial charge on any atom is 0.306 e. The zero-order chi connectivity index (χ0) is 37.5. The maximum atomic E-state index is 12.6. The van der Waals surface area contributed by atoms with Crippen molar-refractivity contribution in [2.24, 2.45) is 5.92 Å². The molecule has 0 rings (SSSR count). The lowest BCUT2D eigenvalue weighted by atomic mass is 10.0. The fourth-order valence-corrected chi connectivity index (χ4v) is 6.63. The summed E-state index contributed by atoms with van der Waals surface area (Å²) in [6.45, 7) is 8.92. The molecule has 6 heteroatoms. The van der Waals surface area contributed by atoms with Gasteiger partial charge in [0.1, 0.15) is 13.2 Å². The molecule has 51 heavy (non-hydrogen) atoms. The summed E-state index contributed by atoms with van der Waals surface area (Å²) >= 11 is 0. The second-order valence-corrected chi connectivity index (χ2v) is 15.8. The first kappa shape index (κ1) is 49.4. The summed E-state index contributed by atoms with van der Waals surface area (Å²) < 4.78 is 16.6. The van der Waals surface area contributed by atoms with E-state index >= 15 is 0 Å². The van der Waals surface area contributed by atoms with Crippen LogP contribution in [0.25, 0.3) is 0 Å². The summed E-state index contributed by atoms with van der Waals surface area (Å²) in [5.74, 6) is -0.0347. The summed E-state index contributed by atoms with van der Waals surface area (Å²) in [4.78, 5) is 37.4. The minimum atomic E-state index is -0.757. The molecule has 0 radical (unpaired) electrons. The monoisotopic (exact) mass is 723 g/mol. The number of rotatable bonds is 40. The molecule has 0 amide bonds. The van der Waals surface area contributed by atoms with E-state index < -0.39 is 6.10 Å². The summed E-state index contributed by atoms with van der Waals surface area (Å²) in [6.07, 6.45) is 38.3. The van der Waals surface area contributed by atoms with E-state index in [1.165, 1.54) is 135 Å². The van der Waals surface area contributed by atoms with Gasteiger partial charge in [-0.1, -0.05) is 207 Å². The van der Waals surface area contributed by atoms with Crippen molar-refractivity contribution in [2.75, 3.05) is 13.2 Å². The number of carbonyl (C=O) groups is 3. The Labute approximate surface area is 317 Å². The van der Waals surface area contributed by atoms with Gasteiger partial charge in [-0.25, -0.2) is 0 Å². The molecule has 0 saturated carbocycles. The van der Waals surface area contributed by atoms with Gasteiger partial charge in [0.05, 0.1) is 0 Å². The Morgan fingerprint density at radius 2 is 0.647 bits per heavy atom. The van der Waals surface area contributed by atoms with Gasteiger partial charge in [0, 0.05) is 19.3 Å². The number of ether oxygens (including phenoxy) is 3. The van der Waals surface area contributed by atoms with E-state index in [-0.39, 0.29) is 31.1 Å². The van der Waals surface area contributed by atoms with Gasteiger partial charge in [0.2, 0.25) is 0 Å². The van der Waals surface area contributed by atoms with Gasteiger partial charge in [0.15, 0.2) is 6.10 Å². The lowest BCUT2D eigenvalue weighted by molar-refractivity contribution is -0.167. The average Bonchev–Trinajstić information content (AvgIpc) is 3.11. The summed E-state index contributed by atoms with van der Waals surface area (Å²) in [7, 11) is 0. The quantitative estimate of drug-likeness (QED) is 0.0356. The Hall–Kier alpha value is -1.59. The molecule has 0 aliphatic heterocycles. The van der Waals surface area contributed by atoms with Crippen molar-refractivity contribution in [1.29, 1.82) is 0 Å². The van der Waals surface area contributed by atoms with Crippen LogP contribution >= 0.6 is 0 Å². The molecule has 302 valence electrons. The van der Waals surface area contributed by atoms with Crippen molar-refractivity contribution in [3.63, 3.8) is 0 Å². The molecular weight excluding hydrogens is 636 g/mol. The zero-order valence-corrected chi connectivity index (χ0v) is 34.6. The Kier molecular flexibility index (Phi) is 38.4. The normalized spacial score (nSPS) is 11.9. The molecule has 1 atom stereocenters. The summed E-state index contributed by atoms with van der Waals surface area (Å²) in [5.41, 5.74) is 0. The van der Waals surface area contributed by atoms with E-state index in [1.807, 2.05) is 0 Å².